The third-order valence-electron chi connectivity index (χ3n) is 3.67. The number of nitrogens with one attached hydrogen (secondary N) is 1. The third-order valence-corrected chi connectivity index (χ3v) is 5.84. The number of thiophene rings is 1. The summed E-state index contributed by atoms with van der Waals surface area (Å²) in [7, 11) is -3.62. The summed E-state index contributed by atoms with van der Waals surface area (Å²) >= 11 is 1.30. The fourth-order valence-corrected chi connectivity index (χ4v) is 4.29. The zero-order valence-electron chi connectivity index (χ0n) is 12.0. The molecule has 0 radical (unpaired) electrons. The average molecular weight is 335 g/mol. The summed E-state index contributed by atoms with van der Waals surface area (Å²) in [6, 6.07) is 11.3. The van der Waals surface area contributed by atoms with Gasteiger partial charge in [-0.25, -0.2) is 13.1 Å². The van der Waals surface area contributed by atoms with E-state index in [0.29, 0.717) is 17.2 Å². The van der Waals surface area contributed by atoms with Gasteiger partial charge in [0.05, 0.1) is 10.6 Å². The molecule has 1 aromatic carbocycles. The molecule has 1 aliphatic carbocycles. The van der Waals surface area contributed by atoms with Crippen molar-refractivity contribution in [1.82, 2.24) is 4.72 Å². The summed E-state index contributed by atoms with van der Waals surface area (Å²) in [5.74, 6) is -0.156. The topological polar surface area (TPSA) is 63.2 Å². The summed E-state index contributed by atoms with van der Waals surface area (Å²) in [5, 5.41) is 1.85. The van der Waals surface area contributed by atoms with Crippen LogP contribution in [0.2, 0.25) is 0 Å². The molecule has 116 valence electrons. The Balaban J connectivity index is 1.63. The lowest BCUT2D eigenvalue weighted by molar-refractivity contribution is 0.0984. The molecule has 4 nitrogen and oxygen atoms in total. The molecule has 1 saturated carbocycles. The zero-order chi connectivity index (χ0) is 15.6. The second-order valence-corrected chi connectivity index (χ2v) is 8.22. The van der Waals surface area contributed by atoms with Crippen molar-refractivity contribution in [3.63, 3.8) is 0 Å². The highest BCUT2D eigenvalue weighted by Crippen LogP contribution is 2.43. The molecule has 6 heteroatoms. The number of carbonyl (C=O) groups is 1. The van der Waals surface area contributed by atoms with Crippen molar-refractivity contribution in [3.05, 3.63) is 57.8 Å². The van der Waals surface area contributed by atoms with E-state index in [1.807, 2.05) is 41.8 Å². The molecular weight excluding hydrogens is 318 g/mol. The summed E-state index contributed by atoms with van der Waals surface area (Å²) in [5.41, 5.74) is 1.93. The Hall–Kier alpha value is -1.66. The van der Waals surface area contributed by atoms with Gasteiger partial charge >= 0.3 is 0 Å². The van der Waals surface area contributed by atoms with Crippen LogP contribution in [0.15, 0.2) is 41.8 Å². The number of amides is 1. The van der Waals surface area contributed by atoms with Crippen LogP contribution in [-0.2, 0) is 16.4 Å². The maximum atomic E-state index is 12.2. The predicted molar refractivity (Wildman–Crippen MR) is 87.7 cm³/mol. The average Bonchev–Trinajstić information content (AvgIpc) is 3.22. The highest BCUT2D eigenvalue weighted by Gasteiger charge is 2.30. The van der Waals surface area contributed by atoms with E-state index >= 15 is 0 Å². The van der Waals surface area contributed by atoms with E-state index in [4.69, 9.17) is 0 Å². The summed E-state index contributed by atoms with van der Waals surface area (Å²) < 4.78 is 26.4. The molecule has 1 aliphatic rings. The Labute approximate surface area is 134 Å². The molecule has 3 rings (SSSR count). The number of hydrogen-bond donors (Lipinski definition) is 1. The third kappa shape index (κ3) is 3.75. The Bertz CT molecular complexity index is 762. The highest BCUT2D eigenvalue weighted by molar-refractivity contribution is 7.90. The molecule has 0 bridgehead atoms. The Morgan fingerprint density at radius 3 is 2.59 bits per heavy atom. The van der Waals surface area contributed by atoms with Crippen molar-refractivity contribution in [2.24, 2.45) is 0 Å². The van der Waals surface area contributed by atoms with Crippen molar-refractivity contribution in [3.8, 4) is 0 Å². The molecule has 1 fully saturated rings. The minimum atomic E-state index is -3.62. The molecule has 1 heterocycles. The van der Waals surface area contributed by atoms with E-state index in [-0.39, 0.29) is 5.75 Å². The van der Waals surface area contributed by atoms with Crippen molar-refractivity contribution in [1.29, 1.82) is 0 Å². The minimum Gasteiger partial charge on any atom is -0.267 e. The van der Waals surface area contributed by atoms with Crippen LogP contribution in [0.5, 0.6) is 0 Å². The maximum absolute atomic E-state index is 12.2. The first kappa shape index (κ1) is 15.2. The van der Waals surface area contributed by atoms with Gasteiger partial charge in [-0.15, -0.1) is 11.3 Å². The molecule has 1 aromatic heterocycles. The molecule has 0 unspecified atom stereocenters. The van der Waals surface area contributed by atoms with Crippen molar-refractivity contribution >= 4 is 27.3 Å². The predicted octanol–water partition coefficient (Wildman–Crippen LogP) is 2.93. The van der Waals surface area contributed by atoms with Crippen LogP contribution in [0.3, 0.4) is 0 Å². The van der Waals surface area contributed by atoms with E-state index < -0.39 is 15.9 Å². The molecule has 22 heavy (non-hydrogen) atoms. The summed E-state index contributed by atoms with van der Waals surface area (Å²) in [6.45, 7) is 0. The Morgan fingerprint density at radius 2 is 1.91 bits per heavy atom. The summed E-state index contributed by atoms with van der Waals surface area (Å²) in [4.78, 5) is 12.7. The normalized spacial score (nSPS) is 14.7. The van der Waals surface area contributed by atoms with Crippen molar-refractivity contribution in [2.45, 2.75) is 25.2 Å². The molecule has 1 amide bonds. The molecule has 0 atom stereocenters. The van der Waals surface area contributed by atoms with Crippen LogP contribution < -0.4 is 4.72 Å². The second-order valence-electron chi connectivity index (χ2n) is 5.46. The van der Waals surface area contributed by atoms with Crippen molar-refractivity contribution in [2.75, 3.05) is 5.75 Å². The molecule has 1 N–H and O–H groups in total. The number of rotatable bonds is 6. The highest BCUT2D eigenvalue weighted by atomic mass is 32.2. The van der Waals surface area contributed by atoms with Gasteiger partial charge in [0.2, 0.25) is 10.0 Å². The van der Waals surface area contributed by atoms with Gasteiger partial charge in [0.1, 0.15) is 0 Å². The molecular formula is C16H17NO3S2. The molecule has 0 aliphatic heterocycles. The SMILES string of the molecule is O=C(NS(=O)(=O)CCc1ccccc1)c1sccc1C1CC1. The molecule has 0 saturated heterocycles. The largest absolute Gasteiger partial charge is 0.275 e. The smallest absolute Gasteiger partial charge is 0.267 e. The van der Waals surface area contributed by atoms with Crippen LogP contribution >= 0.6 is 11.3 Å². The van der Waals surface area contributed by atoms with Gasteiger partial charge in [0.25, 0.3) is 5.91 Å². The van der Waals surface area contributed by atoms with Gasteiger partial charge < -0.3 is 0 Å². The first-order valence-corrected chi connectivity index (χ1v) is 9.74. The van der Waals surface area contributed by atoms with Gasteiger partial charge in [0, 0.05) is 0 Å². The number of hydrogen-bond acceptors (Lipinski definition) is 4. The fraction of sp³-hybridized carbons (Fsp3) is 0.312. The lowest BCUT2D eigenvalue weighted by Gasteiger charge is -2.07. The van der Waals surface area contributed by atoms with E-state index in [9.17, 15) is 13.2 Å². The van der Waals surface area contributed by atoms with Gasteiger partial charge in [-0.1, -0.05) is 30.3 Å². The zero-order valence-corrected chi connectivity index (χ0v) is 13.6. The standard InChI is InChI=1S/C16H17NO3S2/c18-16(15-14(8-10-21-15)13-6-7-13)17-22(19,20)11-9-12-4-2-1-3-5-12/h1-5,8,10,13H,6-7,9,11H2,(H,17,18). The van der Waals surface area contributed by atoms with Gasteiger partial charge in [-0.05, 0) is 47.8 Å². The summed E-state index contributed by atoms with van der Waals surface area (Å²) in [6.07, 6.45) is 2.55. The molecule has 0 spiro atoms. The van der Waals surface area contributed by atoms with Crippen LogP contribution in [-0.4, -0.2) is 20.1 Å². The van der Waals surface area contributed by atoms with Crippen LogP contribution in [0.4, 0.5) is 0 Å². The number of sulfonamides is 1. The lowest BCUT2D eigenvalue weighted by Crippen LogP contribution is -2.33. The van der Waals surface area contributed by atoms with Crippen LogP contribution in [0, 0.1) is 0 Å². The fourth-order valence-electron chi connectivity index (χ4n) is 2.36. The first-order valence-electron chi connectivity index (χ1n) is 7.21. The van der Waals surface area contributed by atoms with Crippen LogP contribution in [0.1, 0.15) is 39.6 Å². The van der Waals surface area contributed by atoms with Gasteiger partial charge in [-0.3, -0.25) is 4.79 Å². The van der Waals surface area contributed by atoms with E-state index in [2.05, 4.69) is 4.72 Å². The second kappa shape index (κ2) is 6.22. The monoisotopic (exact) mass is 335 g/mol. The minimum absolute atomic E-state index is 0.0904. The van der Waals surface area contributed by atoms with Crippen molar-refractivity contribution < 1.29 is 13.2 Å². The first-order chi connectivity index (χ1) is 10.6. The van der Waals surface area contributed by atoms with Crippen LogP contribution in [0.25, 0.3) is 0 Å². The van der Waals surface area contributed by atoms with E-state index in [1.165, 1.54) is 11.3 Å². The van der Waals surface area contributed by atoms with E-state index in [0.717, 1.165) is 24.0 Å². The lowest BCUT2D eigenvalue weighted by atomic mass is 10.1. The molecule has 2 aromatic rings. The number of carbonyl (C=O) groups excluding carboxylic acids is 1. The Kier molecular flexibility index (Phi) is 4.31. The quantitative estimate of drug-likeness (QED) is 0.883. The maximum Gasteiger partial charge on any atom is 0.275 e. The van der Waals surface area contributed by atoms with Gasteiger partial charge in [-0.2, -0.15) is 0 Å². The number of benzene rings is 1. The number of aryl methyl sites for hydroxylation is 1. The van der Waals surface area contributed by atoms with Gasteiger partial charge in [0.15, 0.2) is 0 Å². The van der Waals surface area contributed by atoms with E-state index in [1.54, 1.807) is 0 Å². The Morgan fingerprint density at radius 1 is 1.18 bits per heavy atom.